The van der Waals surface area contributed by atoms with Crippen molar-refractivity contribution in [2.45, 2.75) is 39.2 Å². The van der Waals surface area contributed by atoms with E-state index in [1.165, 1.54) is 0 Å². The highest BCUT2D eigenvalue weighted by molar-refractivity contribution is 4.96. The molecule has 0 amide bonds. The number of aliphatic hydroxyl groups excluding tert-OH is 1. The fraction of sp³-hybridized carbons (Fsp3) is 0.833. The van der Waals surface area contributed by atoms with Gasteiger partial charge in [0.05, 0.1) is 0 Å². The van der Waals surface area contributed by atoms with Crippen LogP contribution in [0.1, 0.15) is 32.0 Å². The zero-order chi connectivity index (χ0) is 12.1. The Balaban J connectivity index is 2.09. The third kappa shape index (κ3) is 2.84. The molecule has 0 unspecified atom stereocenters. The van der Waals surface area contributed by atoms with Gasteiger partial charge in [0.1, 0.15) is 12.2 Å². The molecule has 1 aromatic heterocycles. The molecule has 0 aliphatic carbocycles. The van der Waals surface area contributed by atoms with E-state index in [2.05, 4.69) is 22.3 Å². The predicted octanol–water partition coefficient (Wildman–Crippen LogP) is 0.593. The summed E-state index contributed by atoms with van der Waals surface area (Å²) in [6, 6.07) is 0. The highest BCUT2D eigenvalue weighted by atomic mass is 16.3. The van der Waals surface area contributed by atoms with Crippen molar-refractivity contribution in [1.82, 2.24) is 20.1 Å². The predicted molar refractivity (Wildman–Crippen MR) is 65.6 cm³/mol. The first-order valence-electron chi connectivity index (χ1n) is 6.48. The zero-order valence-electron chi connectivity index (χ0n) is 10.5. The summed E-state index contributed by atoms with van der Waals surface area (Å²) < 4.78 is 1.97. The van der Waals surface area contributed by atoms with Gasteiger partial charge < -0.3 is 10.4 Å². The molecule has 1 saturated heterocycles. The summed E-state index contributed by atoms with van der Waals surface area (Å²) in [5, 5.41) is 17.3. The molecule has 2 N–H and O–H groups in total. The number of aliphatic hydroxyl groups is 1. The molecule has 0 radical (unpaired) electrons. The second kappa shape index (κ2) is 5.60. The summed E-state index contributed by atoms with van der Waals surface area (Å²) in [6.45, 7) is 5.27. The normalized spacial score (nSPS) is 19.4. The molecule has 5 nitrogen and oxygen atoms in total. The third-order valence-electron chi connectivity index (χ3n) is 3.66. The molecule has 0 saturated carbocycles. The highest BCUT2D eigenvalue weighted by Crippen LogP contribution is 2.31. The molecule has 5 heteroatoms. The van der Waals surface area contributed by atoms with Gasteiger partial charge in [-0.15, -0.1) is 0 Å². The summed E-state index contributed by atoms with van der Waals surface area (Å²) in [4.78, 5) is 4.34. The molecular formula is C12H22N4O. The lowest BCUT2D eigenvalue weighted by atomic mass is 9.76. The minimum Gasteiger partial charge on any atom is -0.396 e. The van der Waals surface area contributed by atoms with Crippen molar-refractivity contribution in [3.8, 4) is 0 Å². The monoisotopic (exact) mass is 238 g/mol. The summed E-state index contributed by atoms with van der Waals surface area (Å²) in [5.74, 6) is 1.02. The van der Waals surface area contributed by atoms with Crippen LogP contribution in [0.4, 0.5) is 0 Å². The Morgan fingerprint density at radius 3 is 2.88 bits per heavy atom. The number of hydrogen-bond donors (Lipinski definition) is 2. The second-order valence-electron chi connectivity index (χ2n) is 4.98. The van der Waals surface area contributed by atoms with Crippen LogP contribution in [-0.2, 0) is 13.0 Å². The van der Waals surface area contributed by atoms with Crippen LogP contribution in [0, 0.1) is 5.41 Å². The van der Waals surface area contributed by atoms with Gasteiger partial charge in [-0.3, -0.25) is 4.68 Å². The lowest BCUT2D eigenvalue weighted by Crippen LogP contribution is -2.41. The van der Waals surface area contributed by atoms with Gasteiger partial charge in [-0.2, -0.15) is 5.10 Å². The quantitative estimate of drug-likeness (QED) is 0.788. The van der Waals surface area contributed by atoms with Gasteiger partial charge in [-0.05, 0) is 32.4 Å². The van der Waals surface area contributed by atoms with Gasteiger partial charge in [0.15, 0.2) is 0 Å². The van der Waals surface area contributed by atoms with E-state index in [9.17, 15) is 5.11 Å². The van der Waals surface area contributed by atoms with Gasteiger partial charge >= 0.3 is 0 Å². The molecule has 0 aromatic carbocycles. The third-order valence-corrected chi connectivity index (χ3v) is 3.66. The molecular weight excluding hydrogens is 216 g/mol. The molecule has 2 heterocycles. The highest BCUT2D eigenvalue weighted by Gasteiger charge is 2.33. The molecule has 0 atom stereocenters. The topological polar surface area (TPSA) is 63.0 Å². The van der Waals surface area contributed by atoms with Crippen molar-refractivity contribution >= 4 is 0 Å². The van der Waals surface area contributed by atoms with E-state index in [1.54, 1.807) is 6.33 Å². The fourth-order valence-electron chi connectivity index (χ4n) is 2.51. The SMILES string of the molecule is CCCn1ncnc1CC1(CO)CCNCC1. The smallest absolute Gasteiger partial charge is 0.138 e. The average Bonchev–Trinajstić information content (AvgIpc) is 2.78. The first-order chi connectivity index (χ1) is 8.29. The number of rotatable bonds is 5. The van der Waals surface area contributed by atoms with Crippen molar-refractivity contribution in [3.63, 3.8) is 0 Å². The molecule has 96 valence electrons. The Labute approximate surface area is 102 Å². The van der Waals surface area contributed by atoms with Crippen LogP contribution in [0.15, 0.2) is 6.33 Å². The Kier molecular flexibility index (Phi) is 4.12. The van der Waals surface area contributed by atoms with E-state index in [0.717, 1.165) is 51.1 Å². The van der Waals surface area contributed by atoms with E-state index in [0.29, 0.717) is 0 Å². The molecule has 1 aliphatic rings. The van der Waals surface area contributed by atoms with E-state index in [1.807, 2.05) is 4.68 Å². The number of nitrogens with one attached hydrogen (secondary N) is 1. The maximum Gasteiger partial charge on any atom is 0.138 e. The number of piperidine rings is 1. The van der Waals surface area contributed by atoms with Gasteiger partial charge in [0, 0.05) is 25.0 Å². The van der Waals surface area contributed by atoms with Crippen molar-refractivity contribution in [1.29, 1.82) is 0 Å². The van der Waals surface area contributed by atoms with Crippen molar-refractivity contribution in [3.05, 3.63) is 12.2 Å². The molecule has 1 fully saturated rings. The summed E-state index contributed by atoms with van der Waals surface area (Å²) in [6.07, 6.45) is 5.55. The summed E-state index contributed by atoms with van der Waals surface area (Å²) in [7, 11) is 0. The average molecular weight is 238 g/mol. The number of nitrogens with zero attached hydrogens (tertiary/aromatic N) is 3. The molecule has 17 heavy (non-hydrogen) atoms. The summed E-state index contributed by atoms with van der Waals surface area (Å²) in [5.41, 5.74) is 0.00374. The van der Waals surface area contributed by atoms with Gasteiger partial charge in [0.2, 0.25) is 0 Å². The van der Waals surface area contributed by atoms with Gasteiger partial charge in [-0.25, -0.2) is 4.98 Å². The number of hydrogen-bond acceptors (Lipinski definition) is 4. The Hall–Kier alpha value is -0.940. The molecule has 0 spiro atoms. The van der Waals surface area contributed by atoms with Crippen LogP contribution in [-0.4, -0.2) is 39.6 Å². The van der Waals surface area contributed by atoms with E-state index < -0.39 is 0 Å². The standard InChI is InChI=1S/C12H22N4O/c1-2-7-16-11(14-10-15-16)8-12(9-17)3-5-13-6-4-12/h10,13,17H,2-9H2,1H3. The number of aryl methyl sites for hydroxylation is 1. The van der Waals surface area contributed by atoms with Crippen LogP contribution in [0.2, 0.25) is 0 Å². The zero-order valence-corrected chi connectivity index (χ0v) is 10.5. The molecule has 1 aliphatic heterocycles. The van der Waals surface area contributed by atoms with Crippen LogP contribution in [0.3, 0.4) is 0 Å². The molecule has 0 bridgehead atoms. The van der Waals surface area contributed by atoms with E-state index in [4.69, 9.17) is 0 Å². The Morgan fingerprint density at radius 1 is 1.47 bits per heavy atom. The summed E-state index contributed by atoms with van der Waals surface area (Å²) >= 11 is 0. The first-order valence-corrected chi connectivity index (χ1v) is 6.48. The lowest BCUT2D eigenvalue weighted by Gasteiger charge is -2.35. The fourth-order valence-corrected chi connectivity index (χ4v) is 2.51. The molecule has 1 aromatic rings. The first kappa shape index (κ1) is 12.5. The van der Waals surface area contributed by atoms with Crippen LogP contribution < -0.4 is 5.32 Å². The Bertz CT molecular complexity index is 344. The van der Waals surface area contributed by atoms with Crippen molar-refractivity contribution < 1.29 is 5.11 Å². The molecule has 2 rings (SSSR count). The maximum atomic E-state index is 9.68. The van der Waals surface area contributed by atoms with Crippen LogP contribution in [0.5, 0.6) is 0 Å². The largest absolute Gasteiger partial charge is 0.396 e. The van der Waals surface area contributed by atoms with Gasteiger partial charge in [0.25, 0.3) is 0 Å². The van der Waals surface area contributed by atoms with E-state index in [-0.39, 0.29) is 12.0 Å². The van der Waals surface area contributed by atoms with Crippen molar-refractivity contribution in [2.24, 2.45) is 5.41 Å². The van der Waals surface area contributed by atoms with Crippen molar-refractivity contribution in [2.75, 3.05) is 19.7 Å². The number of aromatic nitrogens is 3. The minimum atomic E-state index is 0.00374. The van der Waals surface area contributed by atoms with Crippen LogP contribution in [0.25, 0.3) is 0 Å². The second-order valence-corrected chi connectivity index (χ2v) is 4.98. The lowest BCUT2D eigenvalue weighted by molar-refractivity contribution is 0.0860. The maximum absolute atomic E-state index is 9.68. The van der Waals surface area contributed by atoms with Gasteiger partial charge in [-0.1, -0.05) is 6.92 Å². The van der Waals surface area contributed by atoms with E-state index >= 15 is 0 Å². The minimum absolute atomic E-state index is 0.00374. The van der Waals surface area contributed by atoms with Crippen LogP contribution >= 0.6 is 0 Å². The Morgan fingerprint density at radius 2 is 2.24 bits per heavy atom.